The van der Waals surface area contributed by atoms with E-state index in [0.717, 1.165) is 37.2 Å². The van der Waals surface area contributed by atoms with Gasteiger partial charge >= 0.3 is 0 Å². The van der Waals surface area contributed by atoms with Gasteiger partial charge in [0.1, 0.15) is 5.69 Å². The Bertz CT molecular complexity index is 332. The number of aryl methyl sites for hydroxylation is 1. The first-order valence-electron chi connectivity index (χ1n) is 7.31. The maximum absolute atomic E-state index is 9.37. The van der Waals surface area contributed by atoms with Crippen LogP contribution < -0.4 is 0 Å². The SMILES string of the molecule is CCCCCCn1nnc(CO)c1C(CC)CC. The summed E-state index contributed by atoms with van der Waals surface area (Å²) in [6.45, 7) is 7.52. The number of hydrogen-bond acceptors (Lipinski definition) is 3. The van der Waals surface area contributed by atoms with E-state index in [-0.39, 0.29) is 6.61 Å². The molecule has 0 saturated carbocycles. The molecule has 0 radical (unpaired) electrons. The molecule has 0 saturated heterocycles. The van der Waals surface area contributed by atoms with Gasteiger partial charge in [0.2, 0.25) is 0 Å². The Labute approximate surface area is 110 Å². The summed E-state index contributed by atoms with van der Waals surface area (Å²) in [5, 5.41) is 17.7. The van der Waals surface area contributed by atoms with E-state index in [9.17, 15) is 5.11 Å². The quantitative estimate of drug-likeness (QED) is 0.687. The number of nitrogens with zero attached hydrogens (tertiary/aromatic N) is 3. The van der Waals surface area contributed by atoms with E-state index in [4.69, 9.17) is 0 Å². The molecule has 0 unspecified atom stereocenters. The maximum atomic E-state index is 9.37. The van der Waals surface area contributed by atoms with Crippen molar-refractivity contribution >= 4 is 0 Å². The van der Waals surface area contributed by atoms with E-state index in [1.165, 1.54) is 19.3 Å². The molecule has 0 aliphatic heterocycles. The molecule has 4 heteroatoms. The smallest absolute Gasteiger partial charge is 0.112 e. The number of hydrogen-bond donors (Lipinski definition) is 1. The van der Waals surface area contributed by atoms with Crippen LogP contribution in [0.5, 0.6) is 0 Å². The minimum atomic E-state index is 0.000787. The predicted octanol–water partition coefficient (Wildman–Crippen LogP) is 3.25. The highest BCUT2D eigenvalue weighted by atomic mass is 16.3. The Kier molecular flexibility index (Phi) is 6.94. The van der Waals surface area contributed by atoms with Crippen molar-refractivity contribution in [2.24, 2.45) is 0 Å². The van der Waals surface area contributed by atoms with Crippen molar-refractivity contribution in [2.45, 2.75) is 78.4 Å². The first-order chi connectivity index (χ1) is 8.78. The van der Waals surface area contributed by atoms with Gasteiger partial charge in [-0.1, -0.05) is 45.2 Å². The number of aromatic nitrogens is 3. The third kappa shape index (κ3) is 3.80. The van der Waals surface area contributed by atoms with Crippen LogP contribution in [0.25, 0.3) is 0 Å². The number of aliphatic hydroxyl groups excluding tert-OH is 1. The van der Waals surface area contributed by atoms with Crippen molar-refractivity contribution < 1.29 is 5.11 Å². The van der Waals surface area contributed by atoms with Gasteiger partial charge in [0, 0.05) is 12.5 Å². The second-order valence-electron chi connectivity index (χ2n) is 4.88. The zero-order valence-electron chi connectivity index (χ0n) is 12.0. The van der Waals surface area contributed by atoms with Gasteiger partial charge in [-0.3, -0.25) is 0 Å². The van der Waals surface area contributed by atoms with Gasteiger partial charge in [0.05, 0.1) is 12.3 Å². The number of rotatable bonds is 9. The van der Waals surface area contributed by atoms with Crippen LogP contribution in [0.4, 0.5) is 0 Å². The fourth-order valence-corrected chi connectivity index (χ4v) is 2.44. The Morgan fingerprint density at radius 3 is 2.39 bits per heavy atom. The predicted molar refractivity (Wildman–Crippen MR) is 73.4 cm³/mol. The van der Waals surface area contributed by atoms with Crippen molar-refractivity contribution in [2.75, 3.05) is 0 Å². The summed E-state index contributed by atoms with van der Waals surface area (Å²) >= 11 is 0. The topological polar surface area (TPSA) is 50.9 Å². The molecule has 1 aromatic heterocycles. The lowest BCUT2D eigenvalue weighted by Gasteiger charge is -2.15. The van der Waals surface area contributed by atoms with Gasteiger partial charge in [0.25, 0.3) is 0 Å². The molecule has 4 nitrogen and oxygen atoms in total. The molecule has 0 aromatic carbocycles. The molecular formula is C14H27N3O. The van der Waals surface area contributed by atoms with E-state index >= 15 is 0 Å². The summed E-state index contributed by atoms with van der Waals surface area (Å²) < 4.78 is 2.01. The fourth-order valence-electron chi connectivity index (χ4n) is 2.44. The molecule has 0 fully saturated rings. The second kappa shape index (κ2) is 8.25. The highest BCUT2D eigenvalue weighted by Crippen LogP contribution is 2.25. The molecule has 0 amide bonds. The van der Waals surface area contributed by atoms with E-state index in [2.05, 4.69) is 31.1 Å². The molecule has 1 heterocycles. The van der Waals surface area contributed by atoms with Gasteiger partial charge in [-0.2, -0.15) is 0 Å². The second-order valence-corrected chi connectivity index (χ2v) is 4.88. The van der Waals surface area contributed by atoms with Crippen LogP contribution in [0, 0.1) is 0 Å². The van der Waals surface area contributed by atoms with Gasteiger partial charge in [-0.25, -0.2) is 4.68 Å². The number of unbranched alkanes of at least 4 members (excludes halogenated alkanes) is 3. The first kappa shape index (κ1) is 15.2. The molecule has 104 valence electrons. The minimum absolute atomic E-state index is 0.000787. The largest absolute Gasteiger partial charge is 0.390 e. The molecule has 1 rings (SSSR count). The summed E-state index contributed by atoms with van der Waals surface area (Å²) in [4.78, 5) is 0. The van der Waals surface area contributed by atoms with Gasteiger partial charge < -0.3 is 5.11 Å². The Hall–Kier alpha value is -0.900. The summed E-state index contributed by atoms with van der Waals surface area (Å²) in [6.07, 6.45) is 7.07. The van der Waals surface area contributed by atoms with Crippen LogP contribution in [-0.2, 0) is 13.2 Å². The van der Waals surface area contributed by atoms with Crippen LogP contribution >= 0.6 is 0 Å². The maximum Gasteiger partial charge on any atom is 0.112 e. The average molecular weight is 253 g/mol. The summed E-state index contributed by atoms with van der Waals surface area (Å²) in [5.41, 5.74) is 1.91. The third-order valence-corrected chi connectivity index (χ3v) is 3.59. The lowest BCUT2D eigenvalue weighted by Crippen LogP contribution is -2.11. The lowest BCUT2D eigenvalue weighted by molar-refractivity contribution is 0.274. The van der Waals surface area contributed by atoms with Crippen molar-refractivity contribution in [3.8, 4) is 0 Å². The lowest BCUT2D eigenvalue weighted by atomic mass is 9.97. The molecule has 1 N–H and O–H groups in total. The zero-order valence-corrected chi connectivity index (χ0v) is 12.0. The first-order valence-corrected chi connectivity index (χ1v) is 7.31. The Morgan fingerprint density at radius 1 is 1.11 bits per heavy atom. The molecule has 0 aliphatic rings. The summed E-state index contributed by atoms with van der Waals surface area (Å²) in [7, 11) is 0. The van der Waals surface area contributed by atoms with Crippen LogP contribution in [0.2, 0.25) is 0 Å². The van der Waals surface area contributed by atoms with Gasteiger partial charge in [-0.05, 0) is 19.3 Å². The third-order valence-electron chi connectivity index (χ3n) is 3.59. The molecule has 1 aromatic rings. The van der Waals surface area contributed by atoms with Crippen LogP contribution in [-0.4, -0.2) is 20.1 Å². The normalized spacial score (nSPS) is 11.4. The monoisotopic (exact) mass is 253 g/mol. The molecule has 0 atom stereocenters. The summed E-state index contributed by atoms with van der Waals surface area (Å²) in [6, 6.07) is 0. The summed E-state index contributed by atoms with van der Waals surface area (Å²) in [5.74, 6) is 0.466. The number of aliphatic hydroxyl groups is 1. The molecule has 0 aliphatic carbocycles. The van der Waals surface area contributed by atoms with Crippen molar-refractivity contribution in [3.05, 3.63) is 11.4 Å². The molecule has 18 heavy (non-hydrogen) atoms. The van der Waals surface area contributed by atoms with Crippen LogP contribution in [0.3, 0.4) is 0 Å². The van der Waals surface area contributed by atoms with E-state index in [1.54, 1.807) is 0 Å². The zero-order chi connectivity index (χ0) is 13.4. The Balaban J connectivity index is 2.74. The van der Waals surface area contributed by atoms with Gasteiger partial charge in [0.15, 0.2) is 0 Å². The standard InChI is InChI=1S/C14H27N3O/c1-4-7-8-9-10-17-14(12(5-2)6-3)13(11-18)15-16-17/h12,18H,4-11H2,1-3H3. The average Bonchev–Trinajstić information content (AvgIpc) is 2.80. The minimum Gasteiger partial charge on any atom is -0.390 e. The molecule has 0 spiro atoms. The fraction of sp³-hybridized carbons (Fsp3) is 0.857. The Morgan fingerprint density at radius 2 is 1.83 bits per heavy atom. The van der Waals surface area contributed by atoms with Crippen molar-refractivity contribution in [1.82, 2.24) is 15.0 Å². The van der Waals surface area contributed by atoms with E-state index in [1.807, 2.05) is 4.68 Å². The van der Waals surface area contributed by atoms with Gasteiger partial charge in [-0.15, -0.1) is 5.10 Å². The highest BCUT2D eigenvalue weighted by Gasteiger charge is 2.19. The van der Waals surface area contributed by atoms with E-state index < -0.39 is 0 Å². The van der Waals surface area contributed by atoms with Crippen LogP contribution in [0.15, 0.2) is 0 Å². The van der Waals surface area contributed by atoms with Crippen molar-refractivity contribution in [3.63, 3.8) is 0 Å². The van der Waals surface area contributed by atoms with Crippen LogP contribution in [0.1, 0.15) is 76.6 Å². The molecule has 0 bridgehead atoms. The van der Waals surface area contributed by atoms with Crippen molar-refractivity contribution in [1.29, 1.82) is 0 Å². The van der Waals surface area contributed by atoms with E-state index in [0.29, 0.717) is 5.92 Å². The highest BCUT2D eigenvalue weighted by molar-refractivity contribution is 5.14. The molecular weight excluding hydrogens is 226 g/mol.